The van der Waals surface area contributed by atoms with Gasteiger partial charge in [-0.1, -0.05) is 61.9 Å². The summed E-state index contributed by atoms with van der Waals surface area (Å²) in [5.74, 6) is 1.11. The number of hydrogen-bond donors (Lipinski definition) is 0. The Labute approximate surface area is 151 Å². The molecule has 2 rings (SSSR count). The van der Waals surface area contributed by atoms with Crippen molar-refractivity contribution in [2.45, 2.75) is 52.1 Å². The molecule has 0 aliphatic carbocycles. The number of carbonyl (C=O) groups excluding carboxylic acids is 1. The molecule has 0 aliphatic rings. The maximum absolute atomic E-state index is 12.8. The van der Waals surface area contributed by atoms with Crippen LogP contribution in [0.15, 0.2) is 54.6 Å². The highest BCUT2D eigenvalue weighted by Crippen LogP contribution is 2.22. The molecule has 1 unspecified atom stereocenters. The van der Waals surface area contributed by atoms with E-state index in [4.69, 9.17) is 4.74 Å². The second-order valence-corrected chi connectivity index (χ2v) is 6.48. The van der Waals surface area contributed by atoms with Gasteiger partial charge in [0, 0.05) is 19.0 Å². The molecule has 0 saturated heterocycles. The van der Waals surface area contributed by atoms with Gasteiger partial charge < -0.3 is 9.64 Å². The van der Waals surface area contributed by atoms with Crippen LogP contribution in [-0.2, 0) is 17.8 Å². The van der Waals surface area contributed by atoms with Crippen molar-refractivity contribution in [3.63, 3.8) is 0 Å². The number of amides is 1. The van der Waals surface area contributed by atoms with Crippen molar-refractivity contribution in [3.05, 3.63) is 65.7 Å². The van der Waals surface area contributed by atoms with Crippen molar-refractivity contribution in [2.24, 2.45) is 0 Å². The average molecular weight is 339 g/mol. The van der Waals surface area contributed by atoms with Crippen LogP contribution in [0.3, 0.4) is 0 Å². The van der Waals surface area contributed by atoms with Crippen molar-refractivity contribution in [1.29, 1.82) is 0 Å². The van der Waals surface area contributed by atoms with Crippen molar-refractivity contribution in [1.82, 2.24) is 4.90 Å². The predicted octanol–water partition coefficient (Wildman–Crippen LogP) is 4.85. The van der Waals surface area contributed by atoms with Gasteiger partial charge in [0.15, 0.2) is 0 Å². The van der Waals surface area contributed by atoms with Gasteiger partial charge in [0.25, 0.3) is 0 Å². The molecule has 0 N–H and O–H groups in total. The maximum atomic E-state index is 12.8. The zero-order valence-corrected chi connectivity index (χ0v) is 15.6. The minimum absolute atomic E-state index is 0.112. The average Bonchev–Trinajstić information content (AvgIpc) is 2.65. The van der Waals surface area contributed by atoms with Gasteiger partial charge in [0.1, 0.15) is 5.75 Å². The molecule has 3 nitrogen and oxygen atoms in total. The highest BCUT2D eigenvalue weighted by molar-refractivity contribution is 5.76. The largest absolute Gasteiger partial charge is 0.496 e. The second kappa shape index (κ2) is 9.87. The van der Waals surface area contributed by atoms with E-state index in [2.05, 4.69) is 32.0 Å². The molecule has 0 fully saturated rings. The molecule has 134 valence electrons. The number of para-hydroxylation sites is 1. The fraction of sp³-hybridized carbons (Fsp3) is 0.409. The molecule has 1 atom stereocenters. The lowest BCUT2D eigenvalue weighted by atomic mass is 10.0. The van der Waals surface area contributed by atoms with Crippen molar-refractivity contribution in [2.75, 3.05) is 7.11 Å². The summed E-state index contributed by atoms with van der Waals surface area (Å²) < 4.78 is 5.47. The summed E-state index contributed by atoms with van der Waals surface area (Å²) in [5.41, 5.74) is 2.30. The van der Waals surface area contributed by atoms with E-state index < -0.39 is 0 Å². The number of unbranched alkanes of at least 4 members (excludes halogenated alkanes) is 1. The Balaban J connectivity index is 2.16. The number of ether oxygens (including phenoxy) is 1. The molecule has 2 aromatic rings. The van der Waals surface area contributed by atoms with Gasteiger partial charge >= 0.3 is 0 Å². The highest BCUT2D eigenvalue weighted by atomic mass is 16.5. The molecule has 1 amide bonds. The minimum Gasteiger partial charge on any atom is -0.496 e. The van der Waals surface area contributed by atoms with Gasteiger partial charge in [-0.05, 0) is 37.0 Å². The number of rotatable bonds is 9. The van der Waals surface area contributed by atoms with E-state index in [0.29, 0.717) is 13.0 Å². The summed E-state index contributed by atoms with van der Waals surface area (Å²) in [7, 11) is 1.69. The van der Waals surface area contributed by atoms with E-state index in [-0.39, 0.29) is 11.9 Å². The van der Waals surface area contributed by atoms with Crippen LogP contribution in [0.5, 0.6) is 5.75 Å². The fourth-order valence-electron chi connectivity index (χ4n) is 3.04. The topological polar surface area (TPSA) is 29.5 Å². The zero-order chi connectivity index (χ0) is 18.1. The zero-order valence-electron chi connectivity index (χ0n) is 15.6. The monoisotopic (exact) mass is 339 g/mol. The first-order valence-corrected chi connectivity index (χ1v) is 9.11. The van der Waals surface area contributed by atoms with Crippen molar-refractivity contribution < 1.29 is 9.53 Å². The summed E-state index contributed by atoms with van der Waals surface area (Å²) in [6, 6.07) is 18.4. The standard InChI is InChI=1S/C22H29NO2/c1-4-5-15-22(24)23(17-19-11-7-6-8-12-19)18(2)16-20-13-9-10-14-21(20)25-3/h6-14,18H,4-5,15-17H2,1-3H3. The van der Waals surface area contributed by atoms with E-state index in [0.717, 1.165) is 30.6 Å². The Morgan fingerprint density at radius 2 is 1.76 bits per heavy atom. The van der Waals surface area contributed by atoms with Crippen LogP contribution in [-0.4, -0.2) is 24.0 Å². The number of nitrogens with zero attached hydrogens (tertiary/aromatic N) is 1. The molecule has 0 heterocycles. The lowest BCUT2D eigenvalue weighted by Gasteiger charge is -2.30. The SMILES string of the molecule is CCCCC(=O)N(Cc1ccccc1)C(C)Cc1ccccc1OC. The first-order valence-electron chi connectivity index (χ1n) is 9.11. The molecular formula is C22H29NO2. The van der Waals surface area contributed by atoms with E-state index in [1.54, 1.807) is 7.11 Å². The van der Waals surface area contributed by atoms with Crippen molar-refractivity contribution >= 4 is 5.91 Å². The third-order valence-electron chi connectivity index (χ3n) is 4.50. The molecular weight excluding hydrogens is 310 g/mol. The Kier molecular flexibility index (Phi) is 7.52. The van der Waals surface area contributed by atoms with Crippen LogP contribution in [0.4, 0.5) is 0 Å². The first-order chi connectivity index (χ1) is 12.2. The van der Waals surface area contributed by atoms with Gasteiger partial charge in [0.2, 0.25) is 5.91 Å². The number of carbonyl (C=O) groups is 1. The predicted molar refractivity (Wildman–Crippen MR) is 103 cm³/mol. The lowest BCUT2D eigenvalue weighted by molar-refractivity contribution is -0.134. The van der Waals surface area contributed by atoms with Gasteiger partial charge in [-0.3, -0.25) is 4.79 Å². The summed E-state index contributed by atoms with van der Waals surface area (Å²) in [6.07, 6.45) is 3.37. The third kappa shape index (κ3) is 5.63. The first kappa shape index (κ1) is 19.0. The van der Waals surface area contributed by atoms with E-state index in [1.807, 2.05) is 41.3 Å². The smallest absolute Gasteiger partial charge is 0.223 e. The third-order valence-corrected chi connectivity index (χ3v) is 4.50. The molecule has 0 radical (unpaired) electrons. The van der Waals surface area contributed by atoms with Crippen LogP contribution in [0.1, 0.15) is 44.2 Å². The Hall–Kier alpha value is -2.29. The number of methoxy groups -OCH3 is 1. The molecule has 0 spiro atoms. The van der Waals surface area contributed by atoms with E-state index in [1.165, 1.54) is 5.56 Å². The Morgan fingerprint density at radius 3 is 2.44 bits per heavy atom. The Bertz CT molecular complexity index is 654. The molecule has 0 saturated carbocycles. The van der Waals surface area contributed by atoms with E-state index in [9.17, 15) is 4.79 Å². The summed E-state index contributed by atoms with van der Waals surface area (Å²) in [4.78, 5) is 14.8. The van der Waals surface area contributed by atoms with Crippen LogP contribution >= 0.6 is 0 Å². The summed E-state index contributed by atoms with van der Waals surface area (Å²) in [5, 5.41) is 0. The van der Waals surface area contributed by atoms with Crippen LogP contribution in [0.25, 0.3) is 0 Å². The summed E-state index contributed by atoms with van der Waals surface area (Å²) >= 11 is 0. The lowest BCUT2D eigenvalue weighted by Crippen LogP contribution is -2.39. The molecule has 2 aromatic carbocycles. The molecule has 0 aromatic heterocycles. The molecule has 0 bridgehead atoms. The van der Waals surface area contributed by atoms with Gasteiger partial charge in [-0.15, -0.1) is 0 Å². The van der Waals surface area contributed by atoms with Crippen LogP contribution < -0.4 is 4.74 Å². The Morgan fingerprint density at radius 1 is 1.08 bits per heavy atom. The van der Waals surface area contributed by atoms with Crippen LogP contribution in [0.2, 0.25) is 0 Å². The molecule has 25 heavy (non-hydrogen) atoms. The molecule has 0 aliphatic heterocycles. The normalized spacial score (nSPS) is 11.8. The van der Waals surface area contributed by atoms with Gasteiger partial charge in [-0.25, -0.2) is 0 Å². The number of benzene rings is 2. The van der Waals surface area contributed by atoms with Gasteiger partial charge in [-0.2, -0.15) is 0 Å². The highest BCUT2D eigenvalue weighted by Gasteiger charge is 2.21. The van der Waals surface area contributed by atoms with Crippen molar-refractivity contribution in [3.8, 4) is 5.75 Å². The van der Waals surface area contributed by atoms with Gasteiger partial charge in [0.05, 0.1) is 7.11 Å². The second-order valence-electron chi connectivity index (χ2n) is 6.48. The molecule has 3 heteroatoms. The quantitative estimate of drug-likeness (QED) is 0.654. The van der Waals surface area contributed by atoms with E-state index >= 15 is 0 Å². The maximum Gasteiger partial charge on any atom is 0.223 e. The number of hydrogen-bond acceptors (Lipinski definition) is 2. The fourth-order valence-corrected chi connectivity index (χ4v) is 3.04. The van der Waals surface area contributed by atoms with Crippen LogP contribution in [0, 0.1) is 0 Å². The minimum atomic E-state index is 0.112. The summed E-state index contributed by atoms with van der Waals surface area (Å²) in [6.45, 7) is 4.89.